The van der Waals surface area contributed by atoms with Gasteiger partial charge in [-0.15, -0.1) is 9.24 Å². The Kier molecular flexibility index (Phi) is 4.13. The van der Waals surface area contributed by atoms with Gasteiger partial charge >= 0.3 is 0 Å². The molecule has 0 amide bonds. The van der Waals surface area contributed by atoms with E-state index in [9.17, 15) is 0 Å². The number of hydrogen-bond acceptors (Lipinski definition) is 0. The molecule has 1 heteroatoms. The molecule has 2 atom stereocenters. The minimum atomic E-state index is 0.695. The van der Waals surface area contributed by atoms with Gasteiger partial charge in [-0.2, -0.15) is 0 Å². The van der Waals surface area contributed by atoms with Crippen molar-refractivity contribution in [3.8, 4) is 0 Å². The summed E-state index contributed by atoms with van der Waals surface area (Å²) in [5.41, 5.74) is 4.45. The minimum absolute atomic E-state index is 0.695. The summed E-state index contributed by atoms with van der Waals surface area (Å²) < 4.78 is 0. The summed E-state index contributed by atoms with van der Waals surface area (Å²) in [6, 6.07) is 4.42. The molecule has 78 valence electrons. The van der Waals surface area contributed by atoms with E-state index < -0.39 is 0 Å². The molecule has 0 heterocycles. The van der Waals surface area contributed by atoms with Gasteiger partial charge in [0, 0.05) is 0 Å². The average Bonchev–Trinajstić information content (AvgIpc) is 2.13. The van der Waals surface area contributed by atoms with E-state index in [0.29, 0.717) is 5.92 Å². The highest BCUT2D eigenvalue weighted by Crippen LogP contribution is 2.26. The van der Waals surface area contributed by atoms with Crippen LogP contribution >= 0.6 is 9.24 Å². The van der Waals surface area contributed by atoms with Crippen LogP contribution in [0.3, 0.4) is 0 Å². The van der Waals surface area contributed by atoms with Crippen molar-refractivity contribution in [1.29, 1.82) is 0 Å². The third-order valence-corrected chi connectivity index (χ3v) is 3.61. The molecule has 0 spiro atoms. The second kappa shape index (κ2) is 4.94. The highest BCUT2D eigenvalue weighted by molar-refractivity contribution is 7.27. The smallest absolute Gasteiger partial charge is 0.0185 e. The Labute approximate surface area is 90.3 Å². The first-order chi connectivity index (χ1) is 6.57. The summed E-state index contributed by atoms with van der Waals surface area (Å²) in [6.07, 6.45) is 2.55. The number of aryl methyl sites for hydroxylation is 1. The Morgan fingerprint density at radius 3 is 2.50 bits per heavy atom. The van der Waals surface area contributed by atoms with E-state index in [0.717, 1.165) is 0 Å². The zero-order valence-electron chi connectivity index (χ0n) is 9.72. The Hall–Kier alpha value is -0.350. The van der Waals surface area contributed by atoms with Gasteiger partial charge in [0.2, 0.25) is 0 Å². The van der Waals surface area contributed by atoms with Gasteiger partial charge in [0.15, 0.2) is 0 Å². The molecule has 1 aromatic rings. The second-order valence-corrected chi connectivity index (χ2v) is 4.82. The number of hydrogen-bond donors (Lipinski definition) is 0. The van der Waals surface area contributed by atoms with Crippen LogP contribution in [0.1, 0.15) is 49.3 Å². The number of benzene rings is 1. The first-order valence-electron chi connectivity index (χ1n) is 5.43. The molecule has 0 saturated heterocycles. The maximum Gasteiger partial charge on any atom is -0.0185 e. The van der Waals surface area contributed by atoms with Crippen LogP contribution in [-0.4, -0.2) is 0 Å². The van der Waals surface area contributed by atoms with Crippen LogP contribution in [-0.2, 0) is 0 Å². The van der Waals surface area contributed by atoms with Gasteiger partial charge in [0.1, 0.15) is 0 Å². The molecule has 2 unspecified atom stereocenters. The van der Waals surface area contributed by atoms with Crippen LogP contribution in [0.25, 0.3) is 0 Å². The van der Waals surface area contributed by atoms with Gasteiger partial charge in [-0.05, 0) is 48.2 Å². The summed E-state index contributed by atoms with van der Waals surface area (Å²) in [5, 5.41) is 1.34. The molecule has 0 saturated carbocycles. The maximum absolute atomic E-state index is 2.82. The first kappa shape index (κ1) is 11.7. The Morgan fingerprint density at radius 1 is 1.29 bits per heavy atom. The van der Waals surface area contributed by atoms with E-state index >= 15 is 0 Å². The SMILES string of the molecule is CCCC(C)c1c(C)ccc(P)c1C. The molecule has 0 aliphatic carbocycles. The molecular weight excluding hydrogens is 187 g/mol. The topological polar surface area (TPSA) is 0 Å². The largest absolute Gasteiger partial charge is 0.105 e. The maximum atomic E-state index is 2.82. The Bertz CT molecular complexity index is 315. The molecule has 0 N–H and O–H groups in total. The molecule has 0 fully saturated rings. The fourth-order valence-electron chi connectivity index (χ4n) is 2.22. The molecule has 0 nitrogen and oxygen atoms in total. The summed E-state index contributed by atoms with van der Waals surface area (Å²) in [7, 11) is 2.82. The molecule has 1 aromatic carbocycles. The van der Waals surface area contributed by atoms with Crippen molar-refractivity contribution < 1.29 is 0 Å². The van der Waals surface area contributed by atoms with Gasteiger partial charge in [0.05, 0.1) is 0 Å². The monoisotopic (exact) mass is 208 g/mol. The third kappa shape index (κ3) is 2.36. The highest BCUT2D eigenvalue weighted by Gasteiger charge is 2.11. The zero-order valence-corrected chi connectivity index (χ0v) is 10.9. The Balaban J connectivity index is 3.11. The van der Waals surface area contributed by atoms with Crippen molar-refractivity contribution in [2.75, 3.05) is 0 Å². The van der Waals surface area contributed by atoms with E-state index in [2.05, 4.69) is 49.1 Å². The minimum Gasteiger partial charge on any atom is -0.105 e. The van der Waals surface area contributed by atoms with E-state index in [1.807, 2.05) is 0 Å². The van der Waals surface area contributed by atoms with Crippen molar-refractivity contribution in [3.63, 3.8) is 0 Å². The van der Waals surface area contributed by atoms with Gasteiger partial charge in [-0.25, -0.2) is 0 Å². The fourth-order valence-corrected chi connectivity index (χ4v) is 2.47. The van der Waals surface area contributed by atoms with Crippen molar-refractivity contribution in [2.24, 2.45) is 0 Å². The lowest BCUT2D eigenvalue weighted by atomic mass is 9.89. The quantitative estimate of drug-likeness (QED) is 0.664. The van der Waals surface area contributed by atoms with Crippen LogP contribution < -0.4 is 5.30 Å². The normalized spacial score (nSPS) is 12.9. The molecule has 0 aromatic heterocycles. The number of rotatable bonds is 3. The summed E-state index contributed by atoms with van der Waals surface area (Å²) in [5.74, 6) is 0.695. The van der Waals surface area contributed by atoms with Crippen molar-refractivity contribution in [2.45, 2.75) is 46.5 Å². The van der Waals surface area contributed by atoms with Crippen molar-refractivity contribution in [3.05, 3.63) is 28.8 Å². The van der Waals surface area contributed by atoms with Crippen molar-refractivity contribution >= 4 is 14.5 Å². The van der Waals surface area contributed by atoms with Crippen LogP contribution in [0.15, 0.2) is 12.1 Å². The summed E-state index contributed by atoms with van der Waals surface area (Å²) >= 11 is 0. The first-order valence-corrected chi connectivity index (χ1v) is 6.01. The zero-order chi connectivity index (χ0) is 10.7. The Morgan fingerprint density at radius 2 is 1.93 bits per heavy atom. The molecule has 0 bridgehead atoms. The molecule has 14 heavy (non-hydrogen) atoms. The van der Waals surface area contributed by atoms with Crippen LogP contribution in [0.5, 0.6) is 0 Å². The molecule has 0 aliphatic heterocycles. The predicted molar refractivity (Wildman–Crippen MR) is 68.6 cm³/mol. The average molecular weight is 208 g/mol. The van der Waals surface area contributed by atoms with E-state index in [1.165, 1.54) is 29.3 Å². The highest BCUT2D eigenvalue weighted by atomic mass is 31.0. The summed E-state index contributed by atoms with van der Waals surface area (Å²) in [6.45, 7) is 9.05. The standard InChI is InChI=1S/C13H21P/c1-5-6-9(2)13-10(3)7-8-12(14)11(13)4/h7-9H,5-6,14H2,1-4H3. The summed E-state index contributed by atoms with van der Waals surface area (Å²) in [4.78, 5) is 0. The molecule has 1 rings (SSSR count). The lowest BCUT2D eigenvalue weighted by Crippen LogP contribution is -2.07. The lowest BCUT2D eigenvalue weighted by Gasteiger charge is -2.18. The van der Waals surface area contributed by atoms with Crippen LogP contribution in [0.4, 0.5) is 0 Å². The van der Waals surface area contributed by atoms with Crippen LogP contribution in [0.2, 0.25) is 0 Å². The van der Waals surface area contributed by atoms with E-state index in [1.54, 1.807) is 5.56 Å². The van der Waals surface area contributed by atoms with Crippen LogP contribution in [0, 0.1) is 13.8 Å². The third-order valence-electron chi connectivity index (χ3n) is 2.99. The van der Waals surface area contributed by atoms with E-state index in [-0.39, 0.29) is 0 Å². The van der Waals surface area contributed by atoms with Crippen molar-refractivity contribution in [1.82, 2.24) is 0 Å². The van der Waals surface area contributed by atoms with Gasteiger partial charge in [-0.1, -0.05) is 32.4 Å². The second-order valence-electron chi connectivity index (χ2n) is 4.20. The molecule has 0 radical (unpaired) electrons. The van der Waals surface area contributed by atoms with E-state index in [4.69, 9.17) is 0 Å². The van der Waals surface area contributed by atoms with Gasteiger partial charge < -0.3 is 0 Å². The predicted octanol–water partition coefficient (Wildman–Crippen LogP) is 3.71. The molecule has 0 aliphatic rings. The lowest BCUT2D eigenvalue weighted by molar-refractivity contribution is 0.658. The van der Waals surface area contributed by atoms with Gasteiger partial charge in [-0.3, -0.25) is 0 Å². The fraction of sp³-hybridized carbons (Fsp3) is 0.538. The van der Waals surface area contributed by atoms with Gasteiger partial charge in [0.25, 0.3) is 0 Å². The molecular formula is C13H21P.